The number of fused-ring (bicyclic) bond motifs is 1. The Kier molecular flexibility index (Phi) is 13.7. The Balaban J connectivity index is 0.00000486. The number of carbonyl (C=O) groups excluding carboxylic acids is 2. The number of piperazine rings is 1. The molecule has 0 amide bonds. The first-order valence-corrected chi connectivity index (χ1v) is 17.2. The number of carboxylic acid groups (broad SMARTS) is 1. The Hall–Kier alpha value is -3.44. The third kappa shape index (κ3) is 9.26. The molecule has 1 atom stereocenters. The molecule has 1 fully saturated rings. The summed E-state index contributed by atoms with van der Waals surface area (Å²) < 4.78 is 14.2. The van der Waals surface area contributed by atoms with Gasteiger partial charge in [-0.3, -0.25) is 9.69 Å². The van der Waals surface area contributed by atoms with Gasteiger partial charge in [-0.2, -0.15) is 0 Å². The number of aliphatic carboxylic acids is 1. The van der Waals surface area contributed by atoms with Crippen LogP contribution in [0.3, 0.4) is 0 Å². The quantitative estimate of drug-likeness (QED) is 0.123. The molecule has 50 heavy (non-hydrogen) atoms. The zero-order valence-electron chi connectivity index (χ0n) is 29.3. The van der Waals surface area contributed by atoms with Gasteiger partial charge < -0.3 is 28.8 Å². The van der Waals surface area contributed by atoms with Crippen LogP contribution in [0.5, 0.6) is 11.5 Å². The minimum absolute atomic E-state index is 0. The molecule has 0 radical (unpaired) electrons. The molecular formula is C41H44KN3O5. The first-order valence-electron chi connectivity index (χ1n) is 17.2. The van der Waals surface area contributed by atoms with Gasteiger partial charge in [0.15, 0.2) is 5.78 Å². The Morgan fingerprint density at radius 1 is 0.840 bits per heavy atom. The summed E-state index contributed by atoms with van der Waals surface area (Å²) in [4.78, 5) is 29.6. The predicted octanol–water partition coefficient (Wildman–Crippen LogP) is 3.31. The SMILES string of the molecule is CCc1ccc(C(CCN2CCN(c3ccccc3OC)CC2)Oc2ccc(C(=O)c3cn(CCCC(=O)[O-])c4ccccc34)cc2)cc1.[K+]. The summed E-state index contributed by atoms with van der Waals surface area (Å²) in [6, 6.07) is 32.0. The van der Waals surface area contributed by atoms with Gasteiger partial charge in [0.1, 0.15) is 17.6 Å². The predicted molar refractivity (Wildman–Crippen MR) is 192 cm³/mol. The molecule has 1 unspecified atom stereocenters. The topological polar surface area (TPSA) is 87.1 Å². The summed E-state index contributed by atoms with van der Waals surface area (Å²) in [5, 5.41) is 11.8. The molecular weight excluding hydrogens is 654 g/mol. The van der Waals surface area contributed by atoms with Crippen molar-refractivity contribution in [2.24, 2.45) is 0 Å². The molecule has 5 aromatic rings. The Labute approximate surface area is 337 Å². The fraction of sp³-hybridized carbons (Fsp3) is 0.317. The number of aryl methyl sites for hydroxylation is 2. The zero-order chi connectivity index (χ0) is 34.2. The molecule has 8 nitrogen and oxygen atoms in total. The van der Waals surface area contributed by atoms with Crippen LogP contribution in [0.25, 0.3) is 10.9 Å². The second-order valence-corrected chi connectivity index (χ2v) is 12.6. The van der Waals surface area contributed by atoms with Crippen LogP contribution < -0.4 is 70.9 Å². The monoisotopic (exact) mass is 697 g/mol. The molecule has 1 aromatic heterocycles. The summed E-state index contributed by atoms with van der Waals surface area (Å²) in [6.07, 6.45) is 3.91. The molecule has 6 rings (SSSR count). The Bertz CT molecular complexity index is 1860. The standard InChI is InChI=1S/C41H45N3O5.K/c1-3-30-14-16-31(17-15-30)38(22-24-42-25-27-43(28-26-42)37-11-6-7-12-39(37)48-2)49-33-20-18-32(19-21-33)41(47)35-29-44(23-8-13-40(45)46)36-10-5-4-9-34(35)36;/h4-7,9-12,14-21,29,38H,3,8,13,22-28H2,1-2H3,(H,45,46);/q;+1/p-1. The number of methoxy groups -OCH3 is 1. The van der Waals surface area contributed by atoms with E-state index in [0.717, 1.165) is 73.5 Å². The maximum atomic E-state index is 13.7. The van der Waals surface area contributed by atoms with Crippen molar-refractivity contribution in [2.75, 3.05) is 44.7 Å². The first kappa shape index (κ1) is 37.8. The van der Waals surface area contributed by atoms with Crippen molar-refractivity contribution in [2.45, 2.75) is 45.3 Å². The van der Waals surface area contributed by atoms with Crippen LogP contribution >= 0.6 is 0 Å². The van der Waals surface area contributed by atoms with E-state index in [1.54, 1.807) is 7.11 Å². The molecule has 0 spiro atoms. The van der Waals surface area contributed by atoms with Crippen LogP contribution in [0.4, 0.5) is 5.69 Å². The van der Waals surface area contributed by atoms with E-state index in [1.165, 1.54) is 5.56 Å². The molecule has 0 saturated carbocycles. The maximum absolute atomic E-state index is 13.7. The van der Waals surface area contributed by atoms with Gasteiger partial charge in [0, 0.05) is 79.9 Å². The molecule has 4 aromatic carbocycles. The van der Waals surface area contributed by atoms with Crippen molar-refractivity contribution >= 4 is 28.3 Å². The van der Waals surface area contributed by atoms with Crippen LogP contribution in [0.15, 0.2) is 103 Å². The van der Waals surface area contributed by atoms with Gasteiger partial charge in [0.05, 0.1) is 12.8 Å². The Morgan fingerprint density at radius 2 is 1.54 bits per heavy atom. The fourth-order valence-corrected chi connectivity index (χ4v) is 6.68. The zero-order valence-corrected chi connectivity index (χ0v) is 32.5. The largest absolute Gasteiger partial charge is 1.00 e. The average Bonchev–Trinajstić information content (AvgIpc) is 3.52. The number of nitrogens with zero attached hydrogens (tertiary/aromatic N) is 3. The first-order chi connectivity index (χ1) is 23.9. The van der Waals surface area contributed by atoms with E-state index in [0.29, 0.717) is 29.8 Å². The maximum Gasteiger partial charge on any atom is 1.00 e. The van der Waals surface area contributed by atoms with E-state index in [1.807, 2.05) is 71.4 Å². The molecule has 1 saturated heterocycles. The number of benzene rings is 4. The summed E-state index contributed by atoms with van der Waals surface area (Å²) >= 11 is 0. The van der Waals surface area contributed by atoms with Crippen LogP contribution in [0.1, 0.15) is 59.3 Å². The molecule has 254 valence electrons. The third-order valence-corrected chi connectivity index (χ3v) is 9.47. The number of carboxylic acids is 1. The molecule has 9 heteroatoms. The number of hydrogen-bond acceptors (Lipinski definition) is 7. The minimum atomic E-state index is -1.07. The molecule has 1 aliphatic heterocycles. The molecule has 1 aliphatic rings. The van der Waals surface area contributed by atoms with E-state index < -0.39 is 5.97 Å². The van der Waals surface area contributed by atoms with E-state index in [-0.39, 0.29) is 69.7 Å². The normalized spacial score (nSPS) is 13.8. The number of ketones is 1. The van der Waals surface area contributed by atoms with Gasteiger partial charge in [-0.1, -0.05) is 61.5 Å². The van der Waals surface area contributed by atoms with Crippen LogP contribution in [-0.4, -0.2) is 61.1 Å². The van der Waals surface area contributed by atoms with Crippen molar-refractivity contribution in [3.8, 4) is 11.5 Å². The van der Waals surface area contributed by atoms with E-state index in [4.69, 9.17) is 9.47 Å². The van der Waals surface area contributed by atoms with Crippen molar-refractivity contribution in [1.29, 1.82) is 0 Å². The number of ether oxygens (including phenoxy) is 2. The number of carbonyl (C=O) groups is 2. The van der Waals surface area contributed by atoms with E-state index in [2.05, 4.69) is 53.1 Å². The number of rotatable bonds is 15. The molecule has 0 bridgehead atoms. The fourth-order valence-electron chi connectivity index (χ4n) is 6.68. The number of hydrogen-bond donors (Lipinski definition) is 0. The van der Waals surface area contributed by atoms with Gasteiger partial charge in [-0.25, -0.2) is 0 Å². The van der Waals surface area contributed by atoms with Crippen molar-refractivity contribution in [3.63, 3.8) is 0 Å². The van der Waals surface area contributed by atoms with Crippen LogP contribution in [-0.2, 0) is 17.8 Å². The van der Waals surface area contributed by atoms with Gasteiger partial charge in [0.25, 0.3) is 0 Å². The third-order valence-electron chi connectivity index (χ3n) is 9.47. The number of para-hydroxylation sites is 3. The van der Waals surface area contributed by atoms with Crippen molar-refractivity contribution in [3.05, 3.63) is 126 Å². The number of aromatic nitrogens is 1. The summed E-state index contributed by atoms with van der Waals surface area (Å²) in [7, 11) is 1.72. The molecule has 0 aliphatic carbocycles. The summed E-state index contributed by atoms with van der Waals surface area (Å²) in [6.45, 7) is 7.35. The van der Waals surface area contributed by atoms with Gasteiger partial charge in [-0.05, 0) is 72.9 Å². The Morgan fingerprint density at radius 3 is 2.24 bits per heavy atom. The second kappa shape index (κ2) is 18.2. The molecule has 2 heterocycles. The number of anilines is 1. The van der Waals surface area contributed by atoms with E-state index >= 15 is 0 Å². The van der Waals surface area contributed by atoms with Gasteiger partial charge in [-0.15, -0.1) is 0 Å². The van der Waals surface area contributed by atoms with Crippen LogP contribution in [0, 0.1) is 0 Å². The summed E-state index contributed by atoms with van der Waals surface area (Å²) in [5.41, 5.74) is 5.64. The van der Waals surface area contributed by atoms with Crippen molar-refractivity contribution < 1.29 is 75.6 Å². The van der Waals surface area contributed by atoms with Gasteiger partial charge >= 0.3 is 51.4 Å². The second-order valence-electron chi connectivity index (χ2n) is 12.6. The minimum Gasteiger partial charge on any atom is -0.550 e. The van der Waals surface area contributed by atoms with E-state index in [9.17, 15) is 14.7 Å². The average molecular weight is 698 g/mol. The van der Waals surface area contributed by atoms with Crippen LogP contribution in [0.2, 0.25) is 0 Å². The smallest absolute Gasteiger partial charge is 0.550 e. The van der Waals surface area contributed by atoms with Crippen molar-refractivity contribution in [1.82, 2.24) is 9.47 Å². The molecule has 0 N–H and O–H groups in total. The summed E-state index contributed by atoms with van der Waals surface area (Å²) in [5.74, 6) is 0.468. The van der Waals surface area contributed by atoms with Gasteiger partial charge in [0.2, 0.25) is 0 Å².